The summed E-state index contributed by atoms with van der Waals surface area (Å²) in [5.74, 6) is 2.98. The van der Waals surface area contributed by atoms with Gasteiger partial charge in [0.1, 0.15) is 5.69 Å². The largest absolute Gasteiger partial charge is 0.362 e. The smallest absolute Gasteiger partial charge is 0.270 e. The second-order valence-electron chi connectivity index (χ2n) is 7.90. The number of anilines is 1. The fraction of sp³-hybridized carbons (Fsp3) is 0.600. The summed E-state index contributed by atoms with van der Waals surface area (Å²) in [5, 5.41) is 5.74. The lowest BCUT2D eigenvalue weighted by Crippen LogP contribution is -2.62. The van der Waals surface area contributed by atoms with E-state index in [0.29, 0.717) is 17.7 Å². The number of hydrogen-bond acceptors (Lipinski definition) is 6. The lowest BCUT2D eigenvalue weighted by atomic mass is 9.79. The van der Waals surface area contributed by atoms with Crippen molar-refractivity contribution in [3.8, 4) is 0 Å². The van der Waals surface area contributed by atoms with E-state index in [1.54, 1.807) is 11.3 Å². The Hall–Kier alpha value is -1.31. The molecule has 7 heteroatoms. The molecular weight excluding hydrogens is 376 g/mol. The molecule has 4 aliphatic heterocycles. The van der Waals surface area contributed by atoms with Crippen LogP contribution in [0.25, 0.3) is 10.1 Å². The first kappa shape index (κ1) is 17.8. The SMILES string of the molecule is CC1C(NC(=O)c2cc3sc(N4CCSCC4)cc3cn2)C2CCN1CC2. The Morgan fingerprint density at radius 3 is 2.70 bits per heavy atom. The molecule has 5 nitrogen and oxygen atoms in total. The van der Waals surface area contributed by atoms with Crippen LogP contribution in [0.1, 0.15) is 30.3 Å². The highest BCUT2D eigenvalue weighted by Gasteiger charge is 2.40. The standard InChI is InChI=1S/C20H26N4OS2/c1-13-19(14-2-4-23(13)5-3-14)22-20(25)16-11-17-15(12-21-16)10-18(27-17)24-6-8-26-9-7-24/h10-14,19H,2-9H2,1H3,(H,22,25). The van der Waals surface area contributed by atoms with Crippen molar-refractivity contribution in [3.05, 3.63) is 24.0 Å². The molecule has 0 aromatic carbocycles. The quantitative estimate of drug-likeness (QED) is 0.855. The molecule has 6 heterocycles. The number of thiophene rings is 1. The van der Waals surface area contributed by atoms with Crippen LogP contribution in [0.3, 0.4) is 0 Å². The van der Waals surface area contributed by atoms with E-state index in [1.165, 1.54) is 42.4 Å². The van der Waals surface area contributed by atoms with E-state index in [4.69, 9.17) is 0 Å². The van der Waals surface area contributed by atoms with Crippen LogP contribution < -0.4 is 10.2 Å². The zero-order chi connectivity index (χ0) is 18.4. The molecule has 2 unspecified atom stereocenters. The molecule has 0 saturated carbocycles. The fourth-order valence-corrected chi connectivity index (χ4v) is 6.78. The van der Waals surface area contributed by atoms with Crippen LogP contribution in [0.4, 0.5) is 5.00 Å². The maximum atomic E-state index is 12.9. The van der Waals surface area contributed by atoms with E-state index in [9.17, 15) is 4.79 Å². The summed E-state index contributed by atoms with van der Waals surface area (Å²) in [4.78, 5) is 22.3. The Morgan fingerprint density at radius 1 is 1.19 bits per heavy atom. The summed E-state index contributed by atoms with van der Waals surface area (Å²) in [7, 11) is 0. The summed E-state index contributed by atoms with van der Waals surface area (Å²) in [6.07, 6.45) is 4.26. The molecule has 2 aromatic rings. The zero-order valence-electron chi connectivity index (χ0n) is 15.7. The predicted octanol–water partition coefficient (Wildman–Crippen LogP) is 3.06. The third-order valence-corrected chi connectivity index (χ3v) is 8.52. The van der Waals surface area contributed by atoms with Crippen LogP contribution >= 0.6 is 23.1 Å². The normalized spacial score (nSPS) is 30.6. The minimum absolute atomic E-state index is 0.0215. The molecule has 1 amide bonds. The highest BCUT2D eigenvalue weighted by atomic mass is 32.2. The average Bonchev–Trinajstić information content (AvgIpc) is 3.15. The molecule has 2 atom stereocenters. The number of amides is 1. The van der Waals surface area contributed by atoms with Crippen molar-refractivity contribution in [2.24, 2.45) is 5.92 Å². The maximum absolute atomic E-state index is 12.9. The Labute approximate surface area is 168 Å². The Bertz CT molecular complexity index is 838. The van der Waals surface area contributed by atoms with Crippen molar-refractivity contribution in [1.82, 2.24) is 15.2 Å². The first-order chi connectivity index (χ1) is 13.2. The van der Waals surface area contributed by atoms with Crippen LogP contribution in [0, 0.1) is 5.92 Å². The molecule has 2 aromatic heterocycles. The van der Waals surface area contributed by atoms with Crippen LogP contribution in [-0.2, 0) is 0 Å². The van der Waals surface area contributed by atoms with Gasteiger partial charge in [-0.05, 0) is 50.9 Å². The maximum Gasteiger partial charge on any atom is 0.270 e. The highest BCUT2D eigenvalue weighted by Crippen LogP contribution is 2.34. The van der Waals surface area contributed by atoms with Crippen molar-refractivity contribution in [3.63, 3.8) is 0 Å². The number of thioether (sulfide) groups is 1. The summed E-state index contributed by atoms with van der Waals surface area (Å²) < 4.78 is 1.16. The molecule has 144 valence electrons. The van der Waals surface area contributed by atoms with Gasteiger partial charge in [-0.15, -0.1) is 11.3 Å². The van der Waals surface area contributed by atoms with E-state index in [1.807, 2.05) is 24.0 Å². The molecule has 4 aliphatic rings. The van der Waals surface area contributed by atoms with Crippen LogP contribution in [-0.4, -0.2) is 65.6 Å². The van der Waals surface area contributed by atoms with E-state index < -0.39 is 0 Å². The van der Waals surface area contributed by atoms with Gasteiger partial charge in [-0.3, -0.25) is 14.7 Å². The topological polar surface area (TPSA) is 48.5 Å². The number of carbonyl (C=O) groups is 1. The van der Waals surface area contributed by atoms with Crippen molar-refractivity contribution < 1.29 is 4.79 Å². The third-order valence-electron chi connectivity index (χ3n) is 6.42. The van der Waals surface area contributed by atoms with E-state index >= 15 is 0 Å². The van der Waals surface area contributed by atoms with Gasteiger partial charge in [0.05, 0.1) is 5.00 Å². The Kier molecular flexibility index (Phi) is 4.78. The highest BCUT2D eigenvalue weighted by molar-refractivity contribution is 7.99. The summed E-state index contributed by atoms with van der Waals surface area (Å²) >= 11 is 3.80. The predicted molar refractivity (Wildman–Crippen MR) is 114 cm³/mol. The minimum atomic E-state index is -0.0215. The van der Waals surface area contributed by atoms with Gasteiger partial charge in [0.25, 0.3) is 5.91 Å². The summed E-state index contributed by atoms with van der Waals surface area (Å²) in [6.45, 7) is 6.81. The van der Waals surface area contributed by atoms with Crippen LogP contribution in [0.15, 0.2) is 18.3 Å². The molecular formula is C20H26N4OS2. The molecule has 4 saturated heterocycles. The van der Waals surface area contributed by atoms with Gasteiger partial charge in [0.15, 0.2) is 0 Å². The number of carbonyl (C=O) groups excluding carboxylic acids is 1. The molecule has 0 radical (unpaired) electrons. The van der Waals surface area contributed by atoms with E-state index in [0.717, 1.165) is 23.2 Å². The minimum Gasteiger partial charge on any atom is -0.362 e. The van der Waals surface area contributed by atoms with E-state index in [2.05, 4.69) is 33.1 Å². The van der Waals surface area contributed by atoms with Crippen molar-refractivity contribution in [2.45, 2.75) is 31.8 Å². The van der Waals surface area contributed by atoms with Crippen molar-refractivity contribution in [2.75, 3.05) is 42.6 Å². The molecule has 6 rings (SSSR count). The number of aromatic nitrogens is 1. The number of rotatable bonds is 3. The van der Waals surface area contributed by atoms with Gasteiger partial charge in [-0.25, -0.2) is 0 Å². The monoisotopic (exact) mass is 402 g/mol. The summed E-state index contributed by atoms with van der Waals surface area (Å²) in [5.41, 5.74) is 0.550. The lowest BCUT2D eigenvalue weighted by Gasteiger charge is -2.49. The molecule has 0 spiro atoms. The zero-order valence-corrected chi connectivity index (χ0v) is 17.3. The molecule has 2 bridgehead atoms. The Balaban J connectivity index is 1.34. The number of hydrogen-bond donors (Lipinski definition) is 1. The second kappa shape index (κ2) is 7.26. The van der Waals surface area contributed by atoms with Crippen LogP contribution in [0.2, 0.25) is 0 Å². The van der Waals surface area contributed by atoms with Crippen molar-refractivity contribution in [1.29, 1.82) is 0 Å². The molecule has 27 heavy (non-hydrogen) atoms. The first-order valence-corrected chi connectivity index (χ1v) is 11.9. The summed E-state index contributed by atoms with van der Waals surface area (Å²) in [6, 6.07) is 4.88. The number of nitrogens with zero attached hydrogens (tertiary/aromatic N) is 3. The Morgan fingerprint density at radius 2 is 1.96 bits per heavy atom. The second-order valence-corrected chi connectivity index (χ2v) is 10.2. The lowest BCUT2D eigenvalue weighted by molar-refractivity contribution is 0.0216. The van der Waals surface area contributed by atoms with Gasteiger partial charge in [0, 0.05) is 53.0 Å². The van der Waals surface area contributed by atoms with Gasteiger partial charge in [-0.2, -0.15) is 11.8 Å². The van der Waals surface area contributed by atoms with Crippen molar-refractivity contribution >= 4 is 44.1 Å². The third kappa shape index (κ3) is 3.34. The average molecular weight is 403 g/mol. The van der Waals surface area contributed by atoms with Gasteiger partial charge >= 0.3 is 0 Å². The first-order valence-electron chi connectivity index (χ1n) is 9.96. The fourth-order valence-electron chi connectivity index (χ4n) is 4.75. The van der Waals surface area contributed by atoms with Gasteiger partial charge in [0.2, 0.25) is 0 Å². The molecule has 1 N–H and O–H groups in total. The van der Waals surface area contributed by atoms with Gasteiger partial charge in [-0.1, -0.05) is 0 Å². The molecule has 0 aliphatic carbocycles. The number of piperidine rings is 3. The molecule has 4 fully saturated rings. The number of pyridine rings is 1. The number of nitrogens with one attached hydrogen (secondary N) is 1. The number of fused-ring (bicyclic) bond motifs is 4. The van der Waals surface area contributed by atoms with Crippen LogP contribution in [0.5, 0.6) is 0 Å². The van der Waals surface area contributed by atoms with E-state index in [-0.39, 0.29) is 11.9 Å². The van der Waals surface area contributed by atoms with Gasteiger partial charge < -0.3 is 10.2 Å².